The summed E-state index contributed by atoms with van der Waals surface area (Å²) in [5.74, 6) is 2.33. The molecule has 1 N–H and O–H groups in total. The van der Waals surface area contributed by atoms with Crippen LogP contribution in [0, 0.1) is 5.92 Å². The fraction of sp³-hybridized carbons (Fsp3) is 0.609. The van der Waals surface area contributed by atoms with Crippen molar-refractivity contribution in [2.45, 2.75) is 71.8 Å². The molecule has 6 heteroatoms. The number of amides is 1. The highest BCUT2D eigenvalue weighted by Gasteiger charge is 2.25. The maximum atomic E-state index is 12.4. The van der Waals surface area contributed by atoms with Crippen molar-refractivity contribution in [3.05, 3.63) is 29.0 Å². The third-order valence-electron chi connectivity index (χ3n) is 5.58. The topological polar surface area (TPSA) is 58.1 Å². The number of nitrogens with one attached hydrogen (secondary N) is 1. The molecule has 1 heterocycles. The molecule has 1 aliphatic carbocycles. The number of benzene rings is 1. The second-order valence-electron chi connectivity index (χ2n) is 8.41. The smallest absolute Gasteiger partial charge is 0.221 e. The minimum absolute atomic E-state index is 0.108. The normalized spacial score (nSPS) is 15.1. The van der Waals surface area contributed by atoms with E-state index in [1.165, 1.54) is 19.3 Å². The van der Waals surface area contributed by atoms with Crippen molar-refractivity contribution in [2.24, 2.45) is 5.92 Å². The van der Waals surface area contributed by atoms with Gasteiger partial charge >= 0.3 is 0 Å². The van der Waals surface area contributed by atoms with Gasteiger partial charge in [-0.25, -0.2) is 9.97 Å². The molecular formula is C23H33ClN4O. The summed E-state index contributed by atoms with van der Waals surface area (Å²) in [6.45, 7) is 7.68. The number of carbonyl (C=O) groups excluding carboxylic acids is 1. The lowest BCUT2D eigenvalue weighted by Gasteiger charge is -2.36. The molecule has 5 nitrogen and oxygen atoms in total. The van der Waals surface area contributed by atoms with E-state index in [2.05, 4.69) is 36.0 Å². The zero-order valence-electron chi connectivity index (χ0n) is 17.9. The summed E-state index contributed by atoms with van der Waals surface area (Å²) < 4.78 is 0. The molecule has 0 radical (unpaired) electrons. The van der Waals surface area contributed by atoms with E-state index in [0.717, 1.165) is 48.4 Å². The Kier molecular flexibility index (Phi) is 7.70. The van der Waals surface area contributed by atoms with Crippen LogP contribution in [0.25, 0.3) is 10.9 Å². The Morgan fingerprint density at radius 1 is 1.24 bits per heavy atom. The van der Waals surface area contributed by atoms with Crippen molar-refractivity contribution < 1.29 is 4.79 Å². The van der Waals surface area contributed by atoms with Gasteiger partial charge in [-0.3, -0.25) is 4.79 Å². The third kappa shape index (κ3) is 5.81. The van der Waals surface area contributed by atoms with Crippen molar-refractivity contribution in [3.63, 3.8) is 0 Å². The minimum Gasteiger partial charge on any atom is -0.356 e. The van der Waals surface area contributed by atoms with Crippen molar-refractivity contribution in [1.29, 1.82) is 0 Å². The van der Waals surface area contributed by atoms with Crippen molar-refractivity contribution in [3.8, 4) is 0 Å². The van der Waals surface area contributed by atoms with Gasteiger partial charge in [0.2, 0.25) is 5.91 Å². The standard InChI is InChI=1S/C23H33ClN4O/c1-4-21-26-20-14-17(24)10-11-19(20)23(27-21)28(18-8-6-5-7-9-18)13-12-22(29)25-15-16(2)3/h10-11,14,16,18H,4-9,12-13,15H2,1-3H3,(H,25,29). The van der Waals surface area contributed by atoms with Crippen molar-refractivity contribution >= 4 is 34.2 Å². The molecule has 1 amide bonds. The van der Waals surface area contributed by atoms with E-state index in [4.69, 9.17) is 16.6 Å². The molecule has 0 spiro atoms. The number of anilines is 1. The van der Waals surface area contributed by atoms with E-state index in [0.29, 0.717) is 29.9 Å². The van der Waals surface area contributed by atoms with Gasteiger partial charge in [0.15, 0.2) is 0 Å². The molecule has 158 valence electrons. The van der Waals surface area contributed by atoms with E-state index >= 15 is 0 Å². The Hall–Kier alpha value is -1.88. The molecule has 1 saturated carbocycles. The molecule has 0 bridgehead atoms. The number of aryl methyl sites for hydroxylation is 1. The SMILES string of the molecule is CCc1nc(N(CCC(=O)NCC(C)C)C2CCCCC2)c2ccc(Cl)cc2n1. The van der Waals surface area contributed by atoms with Crippen molar-refractivity contribution in [1.82, 2.24) is 15.3 Å². The number of hydrogen-bond donors (Lipinski definition) is 1. The highest BCUT2D eigenvalue weighted by atomic mass is 35.5. The van der Waals surface area contributed by atoms with Crippen LogP contribution in [0.15, 0.2) is 18.2 Å². The molecule has 1 aliphatic rings. The van der Waals surface area contributed by atoms with Gasteiger partial charge in [-0.05, 0) is 37.0 Å². The van der Waals surface area contributed by atoms with Crippen LogP contribution in [0.4, 0.5) is 5.82 Å². The average molecular weight is 417 g/mol. The fourth-order valence-electron chi connectivity index (χ4n) is 3.99. The highest BCUT2D eigenvalue weighted by Crippen LogP contribution is 2.32. The van der Waals surface area contributed by atoms with Crippen LogP contribution >= 0.6 is 11.6 Å². The molecule has 1 fully saturated rings. The number of halogens is 1. The minimum atomic E-state index is 0.108. The lowest BCUT2D eigenvalue weighted by molar-refractivity contribution is -0.121. The maximum Gasteiger partial charge on any atom is 0.221 e. The van der Waals surface area contributed by atoms with Crippen LogP contribution in [0.2, 0.25) is 5.02 Å². The molecular weight excluding hydrogens is 384 g/mol. The Morgan fingerprint density at radius 2 is 2.00 bits per heavy atom. The van der Waals surface area contributed by atoms with Gasteiger partial charge in [0.05, 0.1) is 5.52 Å². The largest absolute Gasteiger partial charge is 0.356 e. The van der Waals surface area contributed by atoms with Crippen LogP contribution in [-0.4, -0.2) is 35.0 Å². The van der Waals surface area contributed by atoms with E-state index in [1.807, 2.05) is 18.2 Å². The molecule has 29 heavy (non-hydrogen) atoms. The Labute approximate surface area is 179 Å². The second-order valence-corrected chi connectivity index (χ2v) is 8.85. The van der Waals surface area contributed by atoms with E-state index in [1.54, 1.807) is 0 Å². The van der Waals surface area contributed by atoms with Crippen LogP contribution < -0.4 is 10.2 Å². The monoisotopic (exact) mass is 416 g/mol. The lowest BCUT2D eigenvalue weighted by Crippen LogP contribution is -2.40. The van der Waals surface area contributed by atoms with Crippen LogP contribution in [0.5, 0.6) is 0 Å². The van der Waals surface area contributed by atoms with Crippen LogP contribution in [-0.2, 0) is 11.2 Å². The van der Waals surface area contributed by atoms with Gasteiger partial charge in [-0.15, -0.1) is 0 Å². The molecule has 2 aromatic rings. The molecule has 1 aromatic heterocycles. The summed E-state index contributed by atoms with van der Waals surface area (Å²) in [5.41, 5.74) is 0.879. The van der Waals surface area contributed by atoms with Gasteiger partial charge < -0.3 is 10.2 Å². The first-order valence-corrected chi connectivity index (χ1v) is 11.3. The summed E-state index contributed by atoms with van der Waals surface area (Å²) in [6.07, 6.45) is 7.29. The van der Waals surface area contributed by atoms with Gasteiger partial charge in [0.25, 0.3) is 0 Å². The van der Waals surface area contributed by atoms with Crippen LogP contribution in [0.3, 0.4) is 0 Å². The van der Waals surface area contributed by atoms with E-state index < -0.39 is 0 Å². The fourth-order valence-corrected chi connectivity index (χ4v) is 4.16. The molecule has 3 rings (SSSR count). The predicted octanol–water partition coefficient (Wildman–Crippen LogP) is 5.15. The molecule has 0 saturated heterocycles. The van der Waals surface area contributed by atoms with Gasteiger partial charge in [-0.1, -0.05) is 51.6 Å². The maximum absolute atomic E-state index is 12.4. The Balaban J connectivity index is 1.92. The summed E-state index contributed by atoms with van der Waals surface area (Å²) in [5, 5.41) is 4.74. The Morgan fingerprint density at radius 3 is 2.69 bits per heavy atom. The average Bonchev–Trinajstić information content (AvgIpc) is 2.72. The molecule has 1 aromatic carbocycles. The van der Waals surface area contributed by atoms with Crippen molar-refractivity contribution in [2.75, 3.05) is 18.0 Å². The zero-order chi connectivity index (χ0) is 20.8. The number of hydrogen-bond acceptors (Lipinski definition) is 4. The number of aromatic nitrogens is 2. The lowest BCUT2D eigenvalue weighted by atomic mass is 9.93. The Bertz CT molecular complexity index is 833. The number of fused-ring (bicyclic) bond motifs is 1. The quantitative estimate of drug-likeness (QED) is 0.646. The summed E-state index contributed by atoms with van der Waals surface area (Å²) in [7, 11) is 0. The number of nitrogens with zero attached hydrogens (tertiary/aromatic N) is 3. The van der Waals surface area contributed by atoms with Gasteiger partial charge in [-0.2, -0.15) is 0 Å². The first-order valence-electron chi connectivity index (χ1n) is 11.0. The van der Waals surface area contributed by atoms with Gasteiger partial charge in [0, 0.05) is 42.4 Å². The molecule has 0 unspecified atom stereocenters. The molecule has 0 aliphatic heterocycles. The van der Waals surface area contributed by atoms with E-state index in [-0.39, 0.29) is 5.91 Å². The number of rotatable bonds is 8. The molecule has 0 atom stereocenters. The summed E-state index contributed by atoms with van der Waals surface area (Å²) in [4.78, 5) is 24.4. The predicted molar refractivity (Wildman–Crippen MR) is 121 cm³/mol. The first-order chi connectivity index (χ1) is 14.0. The highest BCUT2D eigenvalue weighted by molar-refractivity contribution is 6.31. The third-order valence-corrected chi connectivity index (χ3v) is 5.81. The summed E-state index contributed by atoms with van der Waals surface area (Å²) >= 11 is 6.23. The number of carbonyl (C=O) groups is 1. The van der Waals surface area contributed by atoms with E-state index in [9.17, 15) is 4.79 Å². The zero-order valence-corrected chi connectivity index (χ0v) is 18.6. The van der Waals surface area contributed by atoms with Gasteiger partial charge in [0.1, 0.15) is 11.6 Å². The van der Waals surface area contributed by atoms with Crippen LogP contribution in [0.1, 0.15) is 65.1 Å². The first kappa shape index (κ1) is 21.8. The summed E-state index contributed by atoms with van der Waals surface area (Å²) in [6, 6.07) is 6.24. The second kappa shape index (κ2) is 10.2.